The van der Waals surface area contributed by atoms with Crippen molar-refractivity contribution in [1.82, 2.24) is 0 Å². The topological polar surface area (TPSA) is 43.1 Å². The van der Waals surface area contributed by atoms with Crippen LogP contribution in [0.1, 0.15) is 32.1 Å². The third-order valence-corrected chi connectivity index (χ3v) is 1.53. The molecule has 0 unspecified atom stereocenters. The Balaban J connectivity index is 3.10. The van der Waals surface area contributed by atoms with E-state index in [4.69, 9.17) is 5.73 Å². The number of nitrogens with two attached hydrogens (primary N) is 1. The molecule has 0 radical (unpaired) electrons. The molecule has 2 N–H and O–H groups in total. The quantitative estimate of drug-likeness (QED) is 0.448. The van der Waals surface area contributed by atoms with Crippen LogP contribution in [0.25, 0.3) is 0 Å². The molecular formula is C9H17NO. The van der Waals surface area contributed by atoms with E-state index >= 15 is 0 Å². The van der Waals surface area contributed by atoms with Crippen LogP contribution in [-0.2, 0) is 4.79 Å². The van der Waals surface area contributed by atoms with Crippen LogP contribution in [-0.4, -0.2) is 12.3 Å². The van der Waals surface area contributed by atoms with Crippen molar-refractivity contribution < 1.29 is 4.79 Å². The van der Waals surface area contributed by atoms with E-state index in [0.29, 0.717) is 12.8 Å². The molecule has 0 spiro atoms. The summed E-state index contributed by atoms with van der Waals surface area (Å²) in [7, 11) is 0. The van der Waals surface area contributed by atoms with Gasteiger partial charge in [0.05, 0.1) is 0 Å². The van der Waals surface area contributed by atoms with Crippen molar-refractivity contribution in [3.8, 4) is 0 Å². The van der Waals surface area contributed by atoms with Gasteiger partial charge in [-0.25, -0.2) is 0 Å². The molecule has 0 atom stereocenters. The molecule has 0 aromatic heterocycles. The Labute approximate surface area is 68.5 Å². The summed E-state index contributed by atoms with van der Waals surface area (Å²) in [5.74, 6) is 0.289. The third-order valence-electron chi connectivity index (χ3n) is 1.53. The summed E-state index contributed by atoms with van der Waals surface area (Å²) in [6.07, 6.45) is 5.94. The number of ketones is 1. The normalized spacial score (nSPS) is 9.55. The van der Waals surface area contributed by atoms with Gasteiger partial charge in [-0.1, -0.05) is 12.5 Å². The highest BCUT2D eigenvalue weighted by atomic mass is 16.1. The van der Waals surface area contributed by atoms with Gasteiger partial charge in [0.1, 0.15) is 5.78 Å². The van der Waals surface area contributed by atoms with Crippen LogP contribution in [0.3, 0.4) is 0 Å². The molecule has 0 amide bonds. The molecule has 0 saturated carbocycles. The summed E-state index contributed by atoms with van der Waals surface area (Å²) in [5.41, 5.74) is 5.30. The standard InChI is InChI=1S/C9H17NO/c1-2-6-9(11)7-4-3-5-8-10/h2H,1,3-8,10H2. The number of hydrogen-bond donors (Lipinski definition) is 1. The van der Waals surface area contributed by atoms with Crippen LogP contribution in [0, 0.1) is 0 Å². The summed E-state index contributed by atoms with van der Waals surface area (Å²) in [4.78, 5) is 10.9. The SMILES string of the molecule is C=CCC(=O)CCCCCN. The lowest BCUT2D eigenvalue weighted by Gasteiger charge is -1.96. The highest BCUT2D eigenvalue weighted by Crippen LogP contribution is 2.01. The van der Waals surface area contributed by atoms with Gasteiger partial charge < -0.3 is 5.73 Å². The van der Waals surface area contributed by atoms with E-state index in [1.807, 2.05) is 0 Å². The highest BCUT2D eigenvalue weighted by Gasteiger charge is 1.97. The Morgan fingerprint density at radius 3 is 2.64 bits per heavy atom. The first kappa shape index (κ1) is 10.4. The van der Waals surface area contributed by atoms with Crippen LogP contribution < -0.4 is 5.73 Å². The van der Waals surface area contributed by atoms with Gasteiger partial charge in [0.15, 0.2) is 0 Å². The van der Waals surface area contributed by atoms with Gasteiger partial charge in [0, 0.05) is 12.8 Å². The van der Waals surface area contributed by atoms with E-state index < -0.39 is 0 Å². The summed E-state index contributed by atoms with van der Waals surface area (Å²) in [6, 6.07) is 0. The maximum absolute atomic E-state index is 10.9. The van der Waals surface area contributed by atoms with E-state index in [1.54, 1.807) is 6.08 Å². The van der Waals surface area contributed by atoms with Gasteiger partial charge in [-0.15, -0.1) is 6.58 Å². The lowest BCUT2D eigenvalue weighted by atomic mass is 10.1. The minimum atomic E-state index is 0.289. The fourth-order valence-corrected chi connectivity index (χ4v) is 0.906. The van der Waals surface area contributed by atoms with Gasteiger partial charge >= 0.3 is 0 Å². The molecule has 0 aliphatic carbocycles. The lowest BCUT2D eigenvalue weighted by molar-refractivity contribution is -0.118. The van der Waals surface area contributed by atoms with Crippen LogP contribution in [0.5, 0.6) is 0 Å². The fourth-order valence-electron chi connectivity index (χ4n) is 0.906. The van der Waals surface area contributed by atoms with Crippen LogP contribution in [0.4, 0.5) is 0 Å². The van der Waals surface area contributed by atoms with Crippen molar-refractivity contribution in [2.24, 2.45) is 5.73 Å². The maximum atomic E-state index is 10.9. The molecule has 0 rings (SSSR count). The van der Waals surface area contributed by atoms with Crippen molar-refractivity contribution in [1.29, 1.82) is 0 Å². The Morgan fingerprint density at radius 2 is 2.09 bits per heavy atom. The van der Waals surface area contributed by atoms with Gasteiger partial charge in [-0.05, 0) is 19.4 Å². The van der Waals surface area contributed by atoms with Crippen LogP contribution in [0.2, 0.25) is 0 Å². The van der Waals surface area contributed by atoms with Crippen LogP contribution in [0.15, 0.2) is 12.7 Å². The number of allylic oxidation sites excluding steroid dienone is 1. The van der Waals surface area contributed by atoms with Crippen molar-refractivity contribution in [3.63, 3.8) is 0 Å². The highest BCUT2D eigenvalue weighted by molar-refractivity contribution is 5.79. The second-order valence-electron chi connectivity index (χ2n) is 2.63. The monoisotopic (exact) mass is 155 g/mol. The van der Waals surface area contributed by atoms with Crippen LogP contribution >= 0.6 is 0 Å². The smallest absolute Gasteiger partial charge is 0.136 e. The Bertz CT molecular complexity index is 121. The second-order valence-corrected chi connectivity index (χ2v) is 2.63. The van der Waals surface area contributed by atoms with Crippen molar-refractivity contribution in [2.75, 3.05) is 6.54 Å². The molecule has 2 nitrogen and oxygen atoms in total. The Morgan fingerprint density at radius 1 is 1.36 bits per heavy atom. The average molecular weight is 155 g/mol. The zero-order valence-electron chi connectivity index (χ0n) is 7.01. The minimum Gasteiger partial charge on any atom is -0.330 e. The molecule has 2 heteroatoms. The van der Waals surface area contributed by atoms with Gasteiger partial charge in [-0.3, -0.25) is 4.79 Å². The molecular weight excluding hydrogens is 138 g/mol. The molecule has 0 aromatic rings. The molecule has 0 aliphatic heterocycles. The minimum absolute atomic E-state index is 0.289. The third kappa shape index (κ3) is 7.26. The van der Waals surface area contributed by atoms with Gasteiger partial charge in [0.25, 0.3) is 0 Å². The zero-order chi connectivity index (χ0) is 8.53. The van der Waals surface area contributed by atoms with Gasteiger partial charge in [-0.2, -0.15) is 0 Å². The molecule has 0 saturated heterocycles. The molecule has 0 fully saturated rings. The zero-order valence-corrected chi connectivity index (χ0v) is 7.01. The fraction of sp³-hybridized carbons (Fsp3) is 0.667. The molecule has 64 valence electrons. The van der Waals surface area contributed by atoms with E-state index in [0.717, 1.165) is 25.8 Å². The van der Waals surface area contributed by atoms with Crippen molar-refractivity contribution in [3.05, 3.63) is 12.7 Å². The van der Waals surface area contributed by atoms with E-state index in [1.165, 1.54) is 0 Å². The number of carbonyl (C=O) groups is 1. The van der Waals surface area contributed by atoms with E-state index in [-0.39, 0.29) is 5.78 Å². The summed E-state index contributed by atoms with van der Waals surface area (Å²) < 4.78 is 0. The number of hydrogen-bond acceptors (Lipinski definition) is 2. The summed E-state index contributed by atoms with van der Waals surface area (Å²) in [5, 5.41) is 0. The van der Waals surface area contributed by atoms with Crippen molar-refractivity contribution >= 4 is 5.78 Å². The molecule has 0 aliphatic rings. The maximum Gasteiger partial charge on any atom is 0.136 e. The molecule has 11 heavy (non-hydrogen) atoms. The number of unbranched alkanes of at least 4 members (excludes halogenated alkanes) is 2. The van der Waals surface area contributed by atoms with Gasteiger partial charge in [0.2, 0.25) is 0 Å². The predicted molar refractivity (Wildman–Crippen MR) is 47.3 cm³/mol. The first-order valence-electron chi connectivity index (χ1n) is 4.14. The summed E-state index contributed by atoms with van der Waals surface area (Å²) in [6.45, 7) is 4.24. The Kier molecular flexibility index (Phi) is 7.05. The first-order chi connectivity index (χ1) is 5.31. The first-order valence-corrected chi connectivity index (χ1v) is 4.14. The largest absolute Gasteiger partial charge is 0.330 e. The van der Waals surface area contributed by atoms with Crippen molar-refractivity contribution in [2.45, 2.75) is 32.1 Å². The number of rotatable bonds is 7. The molecule has 0 heterocycles. The second kappa shape index (κ2) is 7.48. The van der Waals surface area contributed by atoms with E-state index in [2.05, 4.69) is 6.58 Å². The van der Waals surface area contributed by atoms with E-state index in [9.17, 15) is 4.79 Å². The number of carbonyl (C=O) groups excluding carboxylic acids is 1. The Hall–Kier alpha value is -0.630. The predicted octanol–water partition coefficient (Wildman–Crippen LogP) is 1.65. The summed E-state index contributed by atoms with van der Waals surface area (Å²) >= 11 is 0. The lowest BCUT2D eigenvalue weighted by Crippen LogP contribution is -1.99. The average Bonchev–Trinajstić information content (AvgIpc) is 1.99. The molecule has 0 aromatic carbocycles. The molecule has 0 bridgehead atoms. The number of Topliss-reactive ketones (excluding diaryl/α,β-unsaturated/α-hetero) is 1.